The minimum Gasteiger partial charge on any atom is -0.496 e. The second kappa shape index (κ2) is 25.9. The van der Waals surface area contributed by atoms with Crippen LogP contribution in [-0.4, -0.2) is 138 Å². The molecule has 0 unspecified atom stereocenters. The number of piperidine rings is 1. The van der Waals surface area contributed by atoms with Crippen LogP contribution in [0.2, 0.25) is 0 Å². The summed E-state index contributed by atoms with van der Waals surface area (Å²) >= 11 is 3.49. The summed E-state index contributed by atoms with van der Waals surface area (Å²) in [5.41, 5.74) is 6.38. The zero-order valence-corrected chi connectivity index (χ0v) is 41.7. The Balaban J connectivity index is 2.26. The SMILES string of the molecule is CCCC(=O)N[C@H](C(=O)N[C@@H]1C(=O)N[C@@H](CCCCN)C(=O)N[C@H]2CC[C@H](O)N(C2=O)[C@H]([C@@H](C)CC)C(=O)N(C)[C@@H](Cc2ccc(OC)c(Br)c2)C(=O)N[C@@H](C(C)C)C(=O)O[C@@H]1C)C(C)C. The third-order valence-corrected chi connectivity index (χ3v) is 12.9. The molecule has 3 rings (SSSR count). The number of esters is 1. The number of cyclic esters (lactones) is 1. The van der Waals surface area contributed by atoms with Gasteiger partial charge in [0, 0.05) is 19.9 Å². The van der Waals surface area contributed by atoms with Crippen molar-refractivity contribution in [3.63, 3.8) is 0 Å². The second-order valence-corrected chi connectivity index (χ2v) is 18.9. The minimum atomic E-state index is -1.63. The molecule has 0 spiro atoms. The van der Waals surface area contributed by atoms with Gasteiger partial charge < -0.3 is 56.7 Å². The Kier molecular flexibility index (Phi) is 21.8. The fourth-order valence-electron chi connectivity index (χ4n) is 8.06. The number of halogens is 1. The highest BCUT2D eigenvalue weighted by Gasteiger charge is 2.47. The van der Waals surface area contributed by atoms with Gasteiger partial charge in [-0.15, -0.1) is 0 Å². The Bertz CT molecular complexity index is 1880. The van der Waals surface area contributed by atoms with Gasteiger partial charge in [0.1, 0.15) is 60.4 Å². The number of fused-ring (bicyclic) bond motifs is 2. The molecule has 2 bridgehead atoms. The number of hydrogen-bond donors (Lipinski definition) is 7. The predicted octanol–water partition coefficient (Wildman–Crippen LogP) is 1.79. The molecule has 2 aliphatic heterocycles. The summed E-state index contributed by atoms with van der Waals surface area (Å²) < 4.78 is 11.9. The van der Waals surface area contributed by atoms with Crippen LogP contribution in [0.3, 0.4) is 0 Å². The van der Waals surface area contributed by atoms with E-state index in [1.807, 2.05) is 13.8 Å². The Morgan fingerprint density at radius 3 is 2.23 bits per heavy atom. The van der Waals surface area contributed by atoms with Crippen molar-refractivity contribution in [3.8, 4) is 5.75 Å². The van der Waals surface area contributed by atoms with Gasteiger partial charge in [-0.3, -0.25) is 33.6 Å². The number of nitrogens with two attached hydrogens (primary N) is 1. The highest BCUT2D eigenvalue weighted by atomic mass is 79.9. The highest BCUT2D eigenvalue weighted by Crippen LogP contribution is 2.29. The van der Waals surface area contributed by atoms with Crippen molar-refractivity contribution in [2.75, 3.05) is 20.7 Å². The Morgan fingerprint density at radius 2 is 1.65 bits per heavy atom. The average molecular weight is 994 g/mol. The molecule has 1 aromatic carbocycles. The van der Waals surface area contributed by atoms with E-state index >= 15 is 0 Å². The molecule has 10 atom stereocenters. The zero-order valence-electron chi connectivity index (χ0n) is 40.1. The van der Waals surface area contributed by atoms with E-state index in [1.54, 1.807) is 52.8 Å². The maximum atomic E-state index is 14.9. The summed E-state index contributed by atoms with van der Waals surface area (Å²) in [6, 6.07) is -4.04. The van der Waals surface area contributed by atoms with Crippen molar-refractivity contribution < 1.29 is 52.9 Å². The summed E-state index contributed by atoms with van der Waals surface area (Å²) in [6.45, 7) is 13.8. The molecule has 0 saturated carbocycles. The van der Waals surface area contributed by atoms with Crippen LogP contribution >= 0.6 is 15.9 Å². The predicted molar refractivity (Wildman–Crippen MR) is 249 cm³/mol. The van der Waals surface area contributed by atoms with Crippen LogP contribution in [-0.2, 0) is 49.5 Å². The lowest BCUT2D eigenvalue weighted by atomic mass is 9.91. The lowest BCUT2D eigenvalue weighted by Gasteiger charge is -2.44. The highest BCUT2D eigenvalue weighted by molar-refractivity contribution is 9.10. The molecule has 2 heterocycles. The second-order valence-electron chi connectivity index (χ2n) is 18.1. The summed E-state index contributed by atoms with van der Waals surface area (Å²) in [7, 11) is 2.92. The maximum absolute atomic E-state index is 14.9. The number of aliphatic hydroxyl groups is 1. The van der Waals surface area contributed by atoms with Crippen LogP contribution in [0.4, 0.5) is 0 Å². The Hall–Kier alpha value is -4.82. The van der Waals surface area contributed by atoms with E-state index in [4.69, 9.17) is 15.2 Å². The van der Waals surface area contributed by atoms with Gasteiger partial charge >= 0.3 is 5.97 Å². The van der Waals surface area contributed by atoms with Crippen LogP contribution in [0, 0.1) is 17.8 Å². The molecule has 19 nitrogen and oxygen atoms in total. The number of methoxy groups -OCH3 is 1. The fraction of sp³-hybridized carbons (Fsp3) is 0.696. The Morgan fingerprint density at radius 1 is 0.970 bits per heavy atom. The zero-order chi connectivity index (χ0) is 49.6. The molecular weight excluding hydrogens is 920 g/mol. The maximum Gasteiger partial charge on any atom is 0.329 e. The van der Waals surface area contributed by atoms with Crippen molar-refractivity contribution in [2.24, 2.45) is 23.5 Å². The number of ether oxygens (including phenoxy) is 2. The quantitative estimate of drug-likeness (QED) is 0.0924. The summed E-state index contributed by atoms with van der Waals surface area (Å²) in [4.78, 5) is 116. The van der Waals surface area contributed by atoms with E-state index in [9.17, 15) is 43.5 Å². The van der Waals surface area contributed by atoms with E-state index in [0.29, 0.717) is 41.5 Å². The number of benzene rings is 1. The molecule has 2 fully saturated rings. The van der Waals surface area contributed by atoms with E-state index in [0.717, 1.165) is 4.90 Å². The van der Waals surface area contributed by atoms with E-state index in [2.05, 4.69) is 42.5 Å². The van der Waals surface area contributed by atoms with Crippen LogP contribution in [0.15, 0.2) is 22.7 Å². The van der Waals surface area contributed by atoms with Crippen LogP contribution in [0.25, 0.3) is 0 Å². The largest absolute Gasteiger partial charge is 0.496 e. The first-order valence-electron chi connectivity index (χ1n) is 23.1. The monoisotopic (exact) mass is 992 g/mol. The minimum absolute atomic E-state index is 0.00292. The number of carbonyl (C=O) groups is 8. The standard InChI is InChI=1S/C46H73BrN8O11/c1-11-15-34(56)51-36(24(3)4)42(60)53-38-27(8)66-46(64)37(25(5)6)52-41(59)32(23-28-17-19-33(65-10)29(47)22-28)54(9)45(63)39(26(7)12-2)55-35(57)20-18-31(44(55)62)50-40(58)30(49-43(38)61)16-13-14-21-48/h17,19,22,24-27,30-32,35-39,57H,11-16,18,20-21,23,48H2,1-10H3,(H,49,61)(H,50,58)(H,51,56)(H,52,59)(H,53,60)/t26-,27+,30-,31-,32-,35-,36-,37-,38-,39+/m0/s1. The Labute approximate surface area is 397 Å². The molecule has 66 heavy (non-hydrogen) atoms. The molecule has 0 aromatic heterocycles. The molecule has 2 aliphatic rings. The molecule has 7 amide bonds. The fourth-order valence-corrected chi connectivity index (χ4v) is 8.65. The molecule has 0 radical (unpaired) electrons. The first-order valence-corrected chi connectivity index (χ1v) is 23.9. The number of likely N-dealkylation sites (N-methyl/N-ethyl adjacent to an activating group) is 1. The number of nitrogens with one attached hydrogen (secondary N) is 5. The third-order valence-electron chi connectivity index (χ3n) is 12.3. The van der Waals surface area contributed by atoms with Crippen molar-refractivity contribution in [2.45, 2.75) is 168 Å². The molecule has 0 aliphatic carbocycles. The average Bonchev–Trinajstić information content (AvgIpc) is 3.26. The van der Waals surface area contributed by atoms with Gasteiger partial charge in [-0.2, -0.15) is 0 Å². The first kappa shape index (κ1) is 55.5. The van der Waals surface area contributed by atoms with Crippen molar-refractivity contribution in [1.29, 1.82) is 0 Å². The summed E-state index contributed by atoms with van der Waals surface area (Å²) in [6.07, 6.45) is -0.948. The van der Waals surface area contributed by atoms with E-state index < -0.39 is 114 Å². The van der Waals surface area contributed by atoms with Gasteiger partial charge in [-0.05, 0) is 103 Å². The number of nitrogens with zero attached hydrogens (tertiary/aromatic N) is 2. The first-order chi connectivity index (χ1) is 31.1. The van der Waals surface area contributed by atoms with Crippen molar-refractivity contribution in [3.05, 3.63) is 28.2 Å². The molecule has 8 N–H and O–H groups in total. The molecular formula is C46H73BrN8O11. The van der Waals surface area contributed by atoms with Gasteiger partial charge in [-0.25, -0.2) is 4.79 Å². The topological polar surface area (TPSA) is 268 Å². The van der Waals surface area contributed by atoms with Gasteiger partial charge in [-0.1, -0.05) is 61.0 Å². The van der Waals surface area contributed by atoms with Gasteiger partial charge in [0.05, 0.1) is 11.6 Å². The van der Waals surface area contributed by atoms with Gasteiger partial charge in [0.25, 0.3) is 0 Å². The number of hydrogen-bond acceptors (Lipinski definition) is 12. The van der Waals surface area contributed by atoms with Gasteiger partial charge in [0.15, 0.2) is 0 Å². The van der Waals surface area contributed by atoms with Crippen molar-refractivity contribution in [1.82, 2.24) is 36.4 Å². The molecule has 20 heteroatoms. The lowest BCUT2D eigenvalue weighted by Crippen LogP contribution is -2.66. The number of carbonyl (C=O) groups excluding carboxylic acids is 8. The van der Waals surface area contributed by atoms with Crippen LogP contribution in [0.5, 0.6) is 5.75 Å². The van der Waals surface area contributed by atoms with E-state index in [-0.39, 0.29) is 44.6 Å². The van der Waals surface area contributed by atoms with Crippen LogP contribution in [0.1, 0.15) is 112 Å². The molecule has 370 valence electrons. The smallest absolute Gasteiger partial charge is 0.329 e. The van der Waals surface area contributed by atoms with Crippen LogP contribution < -0.4 is 37.1 Å². The number of amides is 7. The lowest BCUT2D eigenvalue weighted by molar-refractivity contribution is -0.168. The van der Waals surface area contributed by atoms with Gasteiger partial charge in [0.2, 0.25) is 41.4 Å². The third kappa shape index (κ3) is 14.6. The molecule has 2 saturated heterocycles. The number of rotatable bonds is 16. The number of aliphatic hydroxyl groups excluding tert-OH is 1. The molecule has 1 aromatic rings. The summed E-state index contributed by atoms with van der Waals surface area (Å²) in [5, 5.41) is 25.1. The van der Waals surface area contributed by atoms with Crippen molar-refractivity contribution >= 4 is 63.2 Å². The normalized spacial score (nSPS) is 26.0. The van der Waals surface area contributed by atoms with E-state index in [1.165, 1.54) is 26.0 Å². The summed E-state index contributed by atoms with van der Waals surface area (Å²) in [5.74, 6) is -6.98. The number of unbranched alkanes of at least 4 members (excludes halogenated alkanes) is 1.